The van der Waals surface area contributed by atoms with E-state index in [1.54, 1.807) is 7.11 Å². The van der Waals surface area contributed by atoms with Gasteiger partial charge in [0.15, 0.2) is 0 Å². The molecule has 2 rings (SSSR count). The number of hydrogen-bond acceptors (Lipinski definition) is 3. The van der Waals surface area contributed by atoms with Crippen molar-refractivity contribution in [3.8, 4) is 5.75 Å². The number of rotatable bonds is 5. The van der Waals surface area contributed by atoms with Crippen LogP contribution in [-0.4, -0.2) is 42.9 Å². The zero-order valence-corrected chi connectivity index (χ0v) is 10.4. The molecule has 0 bridgehead atoms. The van der Waals surface area contributed by atoms with Gasteiger partial charge in [-0.25, -0.2) is 0 Å². The molecule has 1 N–H and O–H groups in total. The number of ether oxygens (including phenoxy) is 1. The molecule has 1 fully saturated rings. The van der Waals surface area contributed by atoms with E-state index in [-0.39, 0.29) is 0 Å². The van der Waals surface area contributed by atoms with E-state index in [1.807, 2.05) is 12.1 Å². The molecule has 0 aromatic heterocycles. The Hall–Kier alpha value is -1.06. The summed E-state index contributed by atoms with van der Waals surface area (Å²) in [6.45, 7) is 2.46. The van der Waals surface area contributed by atoms with Crippen molar-refractivity contribution < 1.29 is 9.84 Å². The summed E-state index contributed by atoms with van der Waals surface area (Å²) in [6.07, 6.45) is 3.40. The number of aliphatic hydroxyl groups is 1. The maximum Gasteiger partial charge on any atom is 0.118 e. The highest BCUT2D eigenvalue weighted by atomic mass is 16.5. The van der Waals surface area contributed by atoms with Crippen LogP contribution in [0.25, 0.3) is 0 Å². The van der Waals surface area contributed by atoms with E-state index in [2.05, 4.69) is 17.0 Å². The minimum Gasteiger partial charge on any atom is -0.497 e. The van der Waals surface area contributed by atoms with Crippen molar-refractivity contribution in [3.05, 3.63) is 29.8 Å². The molecule has 1 aromatic carbocycles. The van der Waals surface area contributed by atoms with E-state index in [0.29, 0.717) is 12.6 Å². The van der Waals surface area contributed by atoms with Gasteiger partial charge in [0.2, 0.25) is 0 Å². The first-order valence-electron chi connectivity index (χ1n) is 6.31. The van der Waals surface area contributed by atoms with Gasteiger partial charge < -0.3 is 9.84 Å². The molecular formula is C14H21NO2. The van der Waals surface area contributed by atoms with E-state index in [4.69, 9.17) is 4.74 Å². The second kappa shape index (κ2) is 6.03. The number of nitrogens with zero attached hydrogens (tertiary/aromatic N) is 1. The number of hydrogen-bond donors (Lipinski definition) is 1. The van der Waals surface area contributed by atoms with Crippen LogP contribution in [0.4, 0.5) is 0 Å². The highest BCUT2D eigenvalue weighted by Gasteiger charge is 2.22. The topological polar surface area (TPSA) is 32.7 Å². The summed E-state index contributed by atoms with van der Waals surface area (Å²) in [5.74, 6) is 0.906. The number of methoxy groups -OCH3 is 1. The van der Waals surface area contributed by atoms with Crippen LogP contribution in [0, 0.1) is 0 Å². The van der Waals surface area contributed by atoms with Crippen LogP contribution in [0.1, 0.15) is 18.4 Å². The zero-order chi connectivity index (χ0) is 12.1. The fourth-order valence-electron chi connectivity index (χ4n) is 2.46. The van der Waals surface area contributed by atoms with Crippen molar-refractivity contribution in [2.24, 2.45) is 0 Å². The van der Waals surface area contributed by atoms with Gasteiger partial charge in [-0.2, -0.15) is 0 Å². The predicted molar refractivity (Wildman–Crippen MR) is 68.4 cm³/mol. The van der Waals surface area contributed by atoms with Gasteiger partial charge in [0.05, 0.1) is 13.7 Å². The molecule has 1 heterocycles. The Morgan fingerprint density at radius 2 is 2.12 bits per heavy atom. The molecule has 3 nitrogen and oxygen atoms in total. The molecule has 0 unspecified atom stereocenters. The number of likely N-dealkylation sites (tertiary alicyclic amines) is 1. The van der Waals surface area contributed by atoms with Crippen LogP contribution in [0.2, 0.25) is 0 Å². The Labute approximate surface area is 103 Å². The van der Waals surface area contributed by atoms with E-state index in [9.17, 15) is 5.11 Å². The van der Waals surface area contributed by atoms with Crippen molar-refractivity contribution in [1.82, 2.24) is 4.90 Å². The van der Waals surface area contributed by atoms with E-state index >= 15 is 0 Å². The summed E-state index contributed by atoms with van der Waals surface area (Å²) < 4.78 is 5.14. The highest BCUT2D eigenvalue weighted by molar-refractivity contribution is 5.27. The van der Waals surface area contributed by atoms with Crippen LogP contribution in [0.15, 0.2) is 24.3 Å². The lowest BCUT2D eigenvalue weighted by atomic mass is 10.1. The van der Waals surface area contributed by atoms with Crippen LogP contribution < -0.4 is 4.74 Å². The molecule has 1 saturated heterocycles. The van der Waals surface area contributed by atoms with Crippen LogP contribution in [0.3, 0.4) is 0 Å². The number of benzene rings is 1. The summed E-state index contributed by atoms with van der Waals surface area (Å²) in [4.78, 5) is 2.39. The fourth-order valence-corrected chi connectivity index (χ4v) is 2.46. The van der Waals surface area contributed by atoms with E-state index < -0.39 is 0 Å². The summed E-state index contributed by atoms with van der Waals surface area (Å²) in [5, 5.41) is 9.24. The third-order valence-corrected chi connectivity index (χ3v) is 3.56. The Morgan fingerprint density at radius 3 is 2.76 bits per heavy atom. The highest BCUT2D eigenvalue weighted by Crippen LogP contribution is 2.18. The molecule has 1 aliphatic heterocycles. The number of aliphatic hydroxyl groups excluding tert-OH is 1. The first kappa shape index (κ1) is 12.4. The maximum absolute atomic E-state index is 9.24. The average molecular weight is 235 g/mol. The molecule has 0 saturated carbocycles. The molecule has 0 radical (unpaired) electrons. The lowest BCUT2D eigenvalue weighted by Gasteiger charge is -2.22. The van der Waals surface area contributed by atoms with Gasteiger partial charge in [-0.3, -0.25) is 4.90 Å². The smallest absolute Gasteiger partial charge is 0.118 e. The van der Waals surface area contributed by atoms with Crippen molar-refractivity contribution in [2.75, 3.05) is 26.8 Å². The molecule has 3 heteroatoms. The van der Waals surface area contributed by atoms with Gasteiger partial charge in [-0.15, -0.1) is 0 Å². The van der Waals surface area contributed by atoms with Crippen LogP contribution in [-0.2, 0) is 6.42 Å². The maximum atomic E-state index is 9.24. The lowest BCUT2D eigenvalue weighted by Crippen LogP contribution is -2.33. The summed E-state index contributed by atoms with van der Waals surface area (Å²) >= 11 is 0. The minimum atomic E-state index is 0.294. The minimum absolute atomic E-state index is 0.294. The normalized spacial score (nSPS) is 20.7. The van der Waals surface area contributed by atoms with Gasteiger partial charge in [0.25, 0.3) is 0 Å². The third kappa shape index (κ3) is 3.20. The molecule has 0 spiro atoms. The van der Waals surface area contributed by atoms with Crippen molar-refractivity contribution in [3.63, 3.8) is 0 Å². The zero-order valence-electron chi connectivity index (χ0n) is 10.4. The monoisotopic (exact) mass is 235 g/mol. The van der Waals surface area contributed by atoms with Crippen molar-refractivity contribution in [1.29, 1.82) is 0 Å². The molecule has 17 heavy (non-hydrogen) atoms. The summed E-state index contributed by atoms with van der Waals surface area (Å²) in [5.41, 5.74) is 1.33. The molecule has 94 valence electrons. The summed E-state index contributed by atoms with van der Waals surface area (Å²) in [7, 11) is 1.69. The van der Waals surface area contributed by atoms with E-state index in [0.717, 1.165) is 31.7 Å². The summed E-state index contributed by atoms with van der Waals surface area (Å²) in [6, 6.07) is 8.62. The second-order valence-corrected chi connectivity index (χ2v) is 4.61. The fraction of sp³-hybridized carbons (Fsp3) is 0.571. The van der Waals surface area contributed by atoms with Gasteiger partial charge in [0.1, 0.15) is 5.75 Å². The lowest BCUT2D eigenvalue weighted by molar-refractivity contribution is 0.160. The SMILES string of the molecule is COc1ccc(CCN2CCC[C@H]2CO)cc1. The standard InChI is InChI=1S/C14H21NO2/c1-17-14-6-4-12(5-7-14)8-10-15-9-2-3-13(15)11-16/h4-7,13,16H,2-3,8-11H2,1H3/t13-/m0/s1. The average Bonchev–Trinajstić information content (AvgIpc) is 2.84. The van der Waals surface area contributed by atoms with Gasteiger partial charge in [0, 0.05) is 12.6 Å². The first-order chi connectivity index (χ1) is 8.33. The van der Waals surface area contributed by atoms with Gasteiger partial charge in [-0.1, -0.05) is 12.1 Å². The molecule has 1 atom stereocenters. The second-order valence-electron chi connectivity index (χ2n) is 4.61. The first-order valence-corrected chi connectivity index (χ1v) is 6.31. The Morgan fingerprint density at radius 1 is 1.35 bits per heavy atom. The Balaban J connectivity index is 1.84. The molecule has 0 amide bonds. The van der Waals surface area contributed by atoms with Crippen molar-refractivity contribution in [2.45, 2.75) is 25.3 Å². The molecule has 1 aliphatic rings. The quantitative estimate of drug-likeness (QED) is 0.843. The van der Waals surface area contributed by atoms with Crippen molar-refractivity contribution >= 4 is 0 Å². The van der Waals surface area contributed by atoms with Gasteiger partial charge in [-0.05, 0) is 43.5 Å². The largest absolute Gasteiger partial charge is 0.497 e. The Kier molecular flexibility index (Phi) is 4.40. The van der Waals surface area contributed by atoms with Crippen LogP contribution in [0.5, 0.6) is 5.75 Å². The Bertz CT molecular complexity index is 337. The third-order valence-electron chi connectivity index (χ3n) is 3.56. The molecular weight excluding hydrogens is 214 g/mol. The van der Waals surface area contributed by atoms with Gasteiger partial charge >= 0.3 is 0 Å². The molecule has 1 aromatic rings. The van der Waals surface area contributed by atoms with E-state index in [1.165, 1.54) is 12.0 Å². The predicted octanol–water partition coefficient (Wildman–Crippen LogP) is 1.69. The molecule has 0 aliphatic carbocycles. The van der Waals surface area contributed by atoms with Crippen LogP contribution >= 0.6 is 0 Å².